The third-order valence-electron chi connectivity index (χ3n) is 3.23. The van der Waals surface area contributed by atoms with Crippen LogP contribution in [0.3, 0.4) is 0 Å². The van der Waals surface area contributed by atoms with Crippen molar-refractivity contribution in [3.63, 3.8) is 0 Å². The van der Waals surface area contributed by atoms with Crippen LogP contribution in [-0.2, 0) is 0 Å². The van der Waals surface area contributed by atoms with Gasteiger partial charge >= 0.3 is 0 Å². The Morgan fingerprint density at radius 2 is 1.95 bits per heavy atom. The van der Waals surface area contributed by atoms with E-state index >= 15 is 0 Å². The summed E-state index contributed by atoms with van der Waals surface area (Å²) in [5, 5.41) is 11.4. The molecule has 100 valence electrons. The van der Waals surface area contributed by atoms with Crippen LogP contribution < -0.4 is 0 Å². The number of hydrogen-bond acceptors (Lipinski definition) is 2. The zero-order valence-electron chi connectivity index (χ0n) is 10.4. The summed E-state index contributed by atoms with van der Waals surface area (Å²) < 4.78 is 13.5. The molecule has 0 radical (unpaired) electrons. The van der Waals surface area contributed by atoms with Gasteiger partial charge in [0.1, 0.15) is 11.9 Å². The molecule has 3 rings (SSSR count). The number of rotatable bonds is 2. The average molecular weight is 288 g/mol. The lowest BCUT2D eigenvalue weighted by Gasteiger charge is -2.14. The molecular formula is C16H11ClFNO. The Labute approximate surface area is 120 Å². The Kier molecular flexibility index (Phi) is 3.38. The third-order valence-corrected chi connectivity index (χ3v) is 3.54. The second-order valence-electron chi connectivity index (χ2n) is 4.49. The van der Waals surface area contributed by atoms with E-state index in [1.165, 1.54) is 12.1 Å². The Bertz CT molecular complexity index is 770. The molecule has 0 amide bonds. The minimum Gasteiger partial charge on any atom is -0.384 e. The van der Waals surface area contributed by atoms with Gasteiger partial charge in [0.05, 0.1) is 10.5 Å². The Balaban J connectivity index is 2.12. The topological polar surface area (TPSA) is 33.1 Å². The molecule has 20 heavy (non-hydrogen) atoms. The molecule has 1 heterocycles. The number of benzene rings is 2. The van der Waals surface area contributed by atoms with Crippen molar-refractivity contribution in [1.82, 2.24) is 4.98 Å². The van der Waals surface area contributed by atoms with Gasteiger partial charge in [0, 0.05) is 11.6 Å². The smallest absolute Gasteiger partial charge is 0.142 e. The normalized spacial score (nSPS) is 12.6. The van der Waals surface area contributed by atoms with Crippen molar-refractivity contribution in [1.29, 1.82) is 0 Å². The first-order chi connectivity index (χ1) is 9.66. The van der Waals surface area contributed by atoms with Crippen LogP contribution in [-0.4, -0.2) is 10.1 Å². The fraction of sp³-hybridized carbons (Fsp3) is 0.0625. The van der Waals surface area contributed by atoms with Crippen molar-refractivity contribution < 1.29 is 9.50 Å². The van der Waals surface area contributed by atoms with Gasteiger partial charge in [-0.3, -0.25) is 4.98 Å². The van der Waals surface area contributed by atoms with Gasteiger partial charge < -0.3 is 5.11 Å². The molecule has 2 nitrogen and oxygen atoms in total. The van der Waals surface area contributed by atoms with Crippen LogP contribution in [0.25, 0.3) is 10.9 Å². The zero-order chi connectivity index (χ0) is 14.1. The molecular weight excluding hydrogens is 277 g/mol. The van der Waals surface area contributed by atoms with Gasteiger partial charge in [-0.2, -0.15) is 0 Å². The molecule has 0 fully saturated rings. The van der Waals surface area contributed by atoms with Gasteiger partial charge in [0.25, 0.3) is 0 Å². The third kappa shape index (κ3) is 2.26. The van der Waals surface area contributed by atoms with Crippen LogP contribution in [0.15, 0.2) is 54.7 Å². The van der Waals surface area contributed by atoms with E-state index in [0.717, 1.165) is 10.9 Å². The highest BCUT2D eigenvalue weighted by Crippen LogP contribution is 2.29. The standard InChI is InChI=1S/C16H11ClFNO/c17-13-7-6-10(9-14(13)18)16(20)12-3-1-5-15-11(12)4-2-8-19-15/h1-9,16,20H. The van der Waals surface area contributed by atoms with Gasteiger partial charge in [-0.05, 0) is 35.4 Å². The van der Waals surface area contributed by atoms with Gasteiger partial charge in [-0.1, -0.05) is 35.9 Å². The van der Waals surface area contributed by atoms with Crippen molar-refractivity contribution in [2.24, 2.45) is 0 Å². The molecule has 0 aliphatic heterocycles. The fourth-order valence-electron chi connectivity index (χ4n) is 2.23. The molecule has 1 N–H and O–H groups in total. The Hall–Kier alpha value is -1.97. The summed E-state index contributed by atoms with van der Waals surface area (Å²) in [6.07, 6.45) is 0.773. The number of hydrogen-bond donors (Lipinski definition) is 1. The lowest BCUT2D eigenvalue weighted by molar-refractivity contribution is 0.221. The first kappa shape index (κ1) is 13.0. The first-order valence-electron chi connectivity index (χ1n) is 6.13. The van der Waals surface area contributed by atoms with E-state index < -0.39 is 11.9 Å². The maximum atomic E-state index is 13.5. The number of aromatic nitrogens is 1. The van der Waals surface area contributed by atoms with Gasteiger partial charge in [0.2, 0.25) is 0 Å². The van der Waals surface area contributed by atoms with E-state index in [-0.39, 0.29) is 5.02 Å². The maximum absolute atomic E-state index is 13.5. The highest BCUT2D eigenvalue weighted by atomic mass is 35.5. The van der Waals surface area contributed by atoms with Crippen LogP contribution in [0, 0.1) is 5.82 Å². The van der Waals surface area contributed by atoms with Crippen molar-refractivity contribution in [3.05, 3.63) is 76.7 Å². The quantitative estimate of drug-likeness (QED) is 0.769. The number of aliphatic hydroxyl groups excluding tert-OH is 1. The van der Waals surface area contributed by atoms with Crippen LogP contribution in [0.4, 0.5) is 4.39 Å². The van der Waals surface area contributed by atoms with Gasteiger partial charge in [-0.15, -0.1) is 0 Å². The molecule has 0 aliphatic rings. The fourth-order valence-corrected chi connectivity index (χ4v) is 2.35. The van der Waals surface area contributed by atoms with E-state index in [1.807, 2.05) is 18.2 Å². The van der Waals surface area contributed by atoms with E-state index in [9.17, 15) is 9.50 Å². The van der Waals surface area contributed by atoms with E-state index in [1.54, 1.807) is 24.4 Å². The number of halogens is 2. The van der Waals surface area contributed by atoms with Crippen molar-refractivity contribution in [3.8, 4) is 0 Å². The molecule has 1 atom stereocenters. The van der Waals surface area contributed by atoms with Crippen LogP contribution in [0.1, 0.15) is 17.2 Å². The van der Waals surface area contributed by atoms with Crippen LogP contribution in [0.2, 0.25) is 5.02 Å². The Morgan fingerprint density at radius 1 is 1.10 bits per heavy atom. The highest BCUT2D eigenvalue weighted by Gasteiger charge is 2.15. The largest absolute Gasteiger partial charge is 0.384 e. The summed E-state index contributed by atoms with van der Waals surface area (Å²) in [7, 11) is 0. The Morgan fingerprint density at radius 3 is 2.75 bits per heavy atom. The molecule has 0 aliphatic carbocycles. The first-order valence-corrected chi connectivity index (χ1v) is 6.51. The molecule has 1 aromatic heterocycles. The summed E-state index contributed by atoms with van der Waals surface area (Å²) >= 11 is 5.66. The van der Waals surface area contributed by atoms with Crippen molar-refractivity contribution in [2.75, 3.05) is 0 Å². The monoisotopic (exact) mass is 287 g/mol. The summed E-state index contributed by atoms with van der Waals surface area (Å²) in [6.45, 7) is 0. The van der Waals surface area contributed by atoms with Gasteiger partial charge in [0.15, 0.2) is 0 Å². The molecule has 2 aromatic carbocycles. The average Bonchev–Trinajstić information content (AvgIpc) is 2.49. The second kappa shape index (κ2) is 5.19. The van der Waals surface area contributed by atoms with Crippen LogP contribution in [0.5, 0.6) is 0 Å². The lowest BCUT2D eigenvalue weighted by Crippen LogP contribution is -2.01. The molecule has 0 spiro atoms. The molecule has 0 bridgehead atoms. The summed E-state index contributed by atoms with van der Waals surface area (Å²) in [5.74, 6) is -0.540. The molecule has 4 heteroatoms. The highest BCUT2D eigenvalue weighted by molar-refractivity contribution is 6.30. The van der Waals surface area contributed by atoms with Crippen molar-refractivity contribution >= 4 is 22.5 Å². The number of fused-ring (bicyclic) bond motifs is 1. The summed E-state index contributed by atoms with van der Waals surface area (Å²) in [4.78, 5) is 4.24. The molecule has 0 saturated carbocycles. The van der Waals surface area contributed by atoms with Gasteiger partial charge in [-0.25, -0.2) is 4.39 Å². The summed E-state index contributed by atoms with van der Waals surface area (Å²) in [6, 6.07) is 13.5. The lowest BCUT2D eigenvalue weighted by atomic mass is 9.97. The van der Waals surface area contributed by atoms with E-state index in [2.05, 4.69) is 4.98 Å². The molecule has 0 saturated heterocycles. The second-order valence-corrected chi connectivity index (χ2v) is 4.90. The molecule has 3 aromatic rings. The summed E-state index contributed by atoms with van der Waals surface area (Å²) in [5.41, 5.74) is 1.94. The zero-order valence-corrected chi connectivity index (χ0v) is 11.2. The predicted octanol–water partition coefficient (Wildman–Crippen LogP) is 4.11. The number of pyridine rings is 1. The number of aliphatic hydroxyl groups is 1. The minimum atomic E-state index is -0.922. The van der Waals surface area contributed by atoms with E-state index in [0.29, 0.717) is 11.1 Å². The maximum Gasteiger partial charge on any atom is 0.142 e. The van der Waals surface area contributed by atoms with Crippen molar-refractivity contribution in [2.45, 2.75) is 6.10 Å². The van der Waals surface area contributed by atoms with E-state index in [4.69, 9.17) is 11.6 Å². The predicted molar refractivity (Wildman–Crippen MR) is 77.2 cm³/mol. The van der Waals surface area contributed by atoms with Crippen LogP contribution >= 0.6 is 11.6 Å². The minimum absolute atomic E-state index is 0.0422. The number of nitrogens with zero attached hydrogens (tertiary/aromatic N) is 1. The SMILES string of the molecule is OC(c1ccc(Cl)c(F)c1)c1cccc2ncccc12. The molecule has 1 unspecified atom stereocenters.